The second-order valence-corrected chi connectivity index (χ2v) is 24.6. The molecule has 1 saturated carbocycles. The molecule has 21 atom stereocenters. The molecule has 2 aliphatic carbocycles. The number of likely N-dealkylation sites (N-methyl/N-ethyl adjacent to an activating group) is 1. The van der Waals surface area contributed by atoms with Crippen molar-refractivity contribution in [3.05, 3.63) is 61.7 Å². The van der Waals surface area contributed by atoms with Gasteiger partial charge in [0.2, 0.25) is 17.2 Å². The first kappa shape index (κ1) is 62.5. The Morgan fingerprint density at radius 3 is 2.27 bits per heavy atom. The lowest BCUT2D eigenvalue weighted by molar-refractivity contribution is -0.343. The molecule has 4 saturated heterocycles. The number of aliphatic hydroxyl groups excluding tert-OH is 4. The number of ether oxygens (including phenoxy) is 12. The fourth-order valence-corrected chi connectivity index (χ4v) is 15.7. The molecule has 2 aromatic rings. The number of carbonyl (C=O) groups excluding carboxylic acids is 3. The van der Waals surface area contributed by atoms with Crippen LogP contribution in [0.5, 0.6) is 17.2 Å². The SMILES string of the molecule is CCN[C@H]1CO[C@@H](O[C@H]2[C@H](OC3c4ccccc4[C@]4(O)CC(=O)[C@H](NC(=O)OC)C35SCC=C54)O[C@H](C)[C@@H](NO[C@H]3C[C@H](O)[C@H](SC(=O)c4c(C)c(I)c(OC5O[C@@H](C)[C@H](O)[C@@H](OC)[C@H]5O)c(OC)c4OC)[C@@H](C)O3)[C@@H]2O)C[C@@H]1OC. The van der Waals surface area contributed by atoms with Gasteiger partial charge >= 0.3 is 6.09 Å². The fourth-order valence-electron chi connectivity index (χ4n) is 12.3. The van der Waals surface area contributed by atoms with Crippen LogP contribution in [0.4, 0.5) is 4.79 Å². The van der Waals surface area contributed by atoms with Crippen LogP contribution in [-0.2, 0) is 57.9 Å². The summed E-state index contributed by atoms with van der Waals surface area (Å²) >= 11 is 4.19. The molecule has 5 heterocycles. The normalized spacial score (nSPS) is 39.2. The van der Waals surface area contributed by atoms with E-state index in [2.05, 4.69) is 16.1 Å². The van der Waals surface area contributed by atoms with E-state index in [1.807, 2.05) is 35.6 Å². The number of Topliss-reactive ketones (excluding diaryl/α,β-unsaturated/α-hetero) is 1. The number of ketones is 1. The van der Waals surface area contributed by atoms with Crippen LogP contribution in [0.25, 0.3) is 0 Å². The highest BCUT2D eigenvalue weighted by atomic mass is 127. The number of hydroxylamine groups is 1. The maximum Gasteiger partial charge on any atom is 0.407 e. The van der Waals surface area contributed by atoms with Crippen LogP contribution in [0, 0.1) is 10.5 Å². The van der Waals surface area contributed by atoms with Crippen LogP contribution in [0.15, 0.2) is 35.9 Å². The zero-order chi connectivity index (χ0) is 58.4. The van der Waals surface area contributed by atoms with E-state index in [1.165, 1.54) is 40.2 Å². The van der Waals surface area contributed by atoms with Crippen molar-refractivity contribution in [1.82, 2.24) is 16.1 Å². The lowest BCUT2D eigenvalue weighted by Gasteiger charge is -2.57. The van der Waals surface area contributed by atoms with Crippen LogP contribution in [-0.4, -0.2) is 211 Å². The third kappa shape index (κ3) is 11.6. The maximum absolute atomic E-state index is 14.4. The summed E-state index contributed by atoms with van der Waals surface area (Å²) in [5.74, 6) is 0.149. The predicted molar refractivity (Wildman–Crippen MR) is 298 cm³/mol. The number of nitrogens with one attached hydrogen (secondary N) is 3. The Morgan fingerprint density at radius 2 is 1.59 bits per heavy atom. The molecule has 450 valence electrons. The smallest absolute Gasteiger partial charge is 0.407 e. The number of amides is 1. The summed E-state index contributed by atoms with van der Waals surface area (Å²) in [6.45, 7) is 9.57. The monoisotopic (exact) mass is 1290 g/mol. The number of alkyl carbamates (subject to hydrolysis) is 1. The van der Waals surface area contributed by atoms with Gasteiger partial charge in [0.25, 0.3) is 0 Å². The Morgan fingerprint density at radius 1 is 0.864 bits per heavy atom. The Balaban J connectivity index is 0.929. The summed E-state index contributed by atoms with van der Waals surface area (Å²) in [6.07, 6.45) is -15.1. The summed E-state index contributed by atoms with van der Waals surface area (Å²) in [5.41, 5.74) is 3.32. The van der Waals surface area contributed by atoms with Crippen LogP contribution in [0.1, 0.15) is 80.1 Å². The number of carbonyl (C=O) groups is 3. The van der Waals surface area contributed by atoms with Gasteiger partial charge in [0.05, 0.1) is 89.7 Å². The molecule has 0 aromatic heterocycles. The molecule has 8 N–H and O–H groups in total. The Hall–Kier alpha value is -3.02. The van der Waals surface area contributed by atoms with E-state index in [9.17, 15) is 39.9 Å². The van der Waals surface area contributed by atoms with E-state index < -0.39 is 131 Å². The van der Waals surface area contributed by atoms with Gasteiger partial charge in [0, 0.05) is 39.2 Å². The summed E-state index contributed by atoms with van der Waals surface area (Å²) in [5, 5.41) is 63.3. The van der Waals surface area contributed by atoms with E-state index in [1.54, 1.807) is 59.1 Å². The van der Waals surface area contributed by atoms with E-state index in [-0.39, 0.29) is 60.8 Å². The number of fused-ring (bicyclic) bond motifs is 2. The second kappa shape index (κ2) is 25.9. The summed E-state index contributed by atoms with van der Waals surface area (Å²) in [7, 11) is 6.89. The van der Waals surface area contributed by atoms with Gasteiger partial charge in [-0.05, 0) is 79.1 Å². The Labute approximate surface area is 491 Å². The maximum atomic E-state index is 14.4. The minimum Gasteiger partial charge on any atom is -0.492 e. The average molecular weight is 1290 g/mol. The lowest BCUT2D eigenvalue weighted by Crippen LogP contribution is -2.69. The van der Waals surface area contributed by atoms with Crippen molar-refractivity contribution in [3.63, 3.8) is 0 Å². The average Bonchev–Trinajstić information content (AvgIpc) is 4.15. The third-order valence-corrected chi connectivity index (χ3v) is 20.5. The van der Waals surface area contributed by atoms with Gasteiger partial charge in [-0.3, -0.25) is 14.4 Å². The number of thioether (sulfide) groups is 2. The van der Waals surface area contributed by atoms with Gasteiger partial charge < -0.3 is 93.0 Å². The minimum absolute atomic E-state index is 0.0377. The molecule has 0 spiro atoms. The zero-order valence-electron chi connectivity index (χ0n) is 46.6. The van der Waals surface area contributed by atoms with Crippen molar-refractivity contribution in [2.45, 2.75) is 180 Å². The fraction of sp³-hybridized carbons (Fsp3) is 0.685. The van der Waals surface area contributed by atoms with Crippen LogP contribution in [0.2, 0.25) is 0 Å². The highest BCUT2D eigenvalue weighted by Crippen LogP contribution is 2.65. The first-order chi connectivity index (χ1) is 38.7. The van der Waals surface area contributed by atoms with E-state index in [0.29, 0.717) is 38.1 Å². The molecule has 3 unspecified atom stereocenters. The first-order valence-electron chi connectivity index (χ1n) is 26.9. The Kier molecular flexibility index (Phi) is 20.0. The zero-order valence-corrected chi connectivity index (χ0v) is 50.4. The van der Waals surface area contributed by atoms with Crippen molar-refractivity contribution in [2.75, 3.05) is 54.5 Å². The van der Waals surface area contributed by atoms with Crippen LogP contribution in [0.3, 0.4) is 0 Å². The third-order valence-electron chi connectivity index (χ3n) is 16.4. The van der Waals surface area contributed by atoms with Crippen molar-refractivity contribution in [1.29, 1.82) is 0 Å². The minimum atomic E-state index is -1.70. The molecular weight excluding hydrogens is 1220 g/mol. The standard InChI is InChI=1S/C54H74IN3O21S2/c1-11-56-28-21-72-33(19-31(28)67-6)76-44-39(62)37(23(3)74-51(44)78-48-26-14-12-13-15-27(26)53(66)20-30(60)47(57-52(65)71-10)54(48)32(53)16-17-80-54)58-79-34-18-29(59)46(25(5)73-34)81-49(64)35-22(2)36(55)42(45(70-9)41(35)68-7)77-50-40(63)43(69-8)38(61)24(4)75-50/h12-16,23-25,28-29,31,33-34,37-40,43-44,46-48,50-51,56,58-59,61-63,66H,11,17-21H2,1-10H3,(H,57,65)/t23-,24+,25-,28+,29+,31+,33+,34+,37-,38+,39+,40-,43-,44-,46-,47+,48?,50?,51+,53-,54?/m1/s1. The molecule has 0 radical (unpaired) electrons. The molecule has 1 amide bonds. The molecule has 24 nitrogen and oxygen atoms in total. The molecule has 5 fully saturated rings. The van der Waals surface area contributed by atoms with E-state index in [4.69, 9.17) is 61.7 Å². The molecular formula is C54H74IN3O21S2. The second-order valence-electron chi connectivity index (χ2n) is 21.1. The van der Waals surface area contributed by atoms with Gasteiger partial charge in [-0.1, -0.05) is 49.0 Å². The number of aliphatic hydroxyl groups is 5. The first-order valence-corrected chi connectivity index (χ1v) is 29.8. The summed E-state index contributed by atoms with van der Waals surface area (Å²) in [6, 6.07) is 4.71. The molecule has 9 rings (SSSR count). The molecule has 2 bridgehead atoms. The van der Waals surface area contributed by atoms with Crippen LogP contribution < -0.4 is 30.3 Å². The van der Waals surface area contributed by atoms with Crippen molar-refractivity contribution >= 4 is 63.1 Å². The highest BCUT2D eigenvalue weighted by molar-refractivity contribution is 14.1. The van der Waals surface area contributed by atoms with E-state index >= 15 is 0 Å². The van der Waals surface area contributed by atoms with Gasteiger partial charge in [-0.2, -0.15) is 5.48 Å². The number of hydrogen-bond acceptors (Lipinski definition) is 25. The quantitative estimate of drug-likeness (QED) is 0.0604. The molecule has 5 aliphatic heterocycles. The number of methoxy groups -OCH3 is 5. The highest BCUT2D eigenvalue weighted by Gasteiger charge is 2.69. The predicted octanol–water partition coefficient (Wildman–Crippen LogP) is 2.40. The lowest BCUT2D eigenvalue weighted by atomic mass is 9.59. The number of halogens is 1. The van der Waals surface area contributed by atoms with Crippen molar-refractivity contribution in [2.24, 2.45) is 0 Å². The molecule has 2 aromatic carbocycles. The van der Waals surface area contributed by atoms with Gasteiger partial charge in [-0.25, -0.2) is 4.79 Å². The number of rotatable bonds is 18. The Bertz CT molecular complexity index is 2630. The molecule has 81 heavy (non-hydrogen) atoms. The van der Waals surface area contributed by atoms with Gasteiger partial charge in [-0.15, -0.1) is 11.8 Å². The number of hydrogen-bond donors (Lipinski definition) is 8. The summed E-state index contributed by atoms with van der Waals surface area (Å²) < 4.78 is 71.9. The van der Waals surface area contributed by atoms with Gasteiger partial charge in [0.1, 0.15) is 48.3 Å². The number of benzene rings is 2. The molecule has 7 aliphatic rings. The van der Waals surface area contributed by atoms with Crippen LogP contribution >= 0.6 is 46.1 Å². The van der Waals surface area contributed by atoms with E-state index in [0.717, 1.165) is 11.8 Å². The topological polar surface area (TPSA) is 308 Å². The largest absolute Gasteiger partial charge is 0.492 e. The van der Waals surface area contributed by atoms with Crippen molar-refractivity contribution in [3.8, 4) is 17.2 Å². The molecule has 27 heteroatoms. The van der Waals surface area contributed by atoms with Crippen molar-refractivity contribution < 1.29 is 102 Å². The van der Waals surface area contributed by atoms with Gasteiger partial charge in [0.15, 0.2) is 36.2 Å². The summed E-state index contributed by atoms with van der Waals surface area (Å²) in [4.78, 5) is 47.8.